The minimum absolute atomic E-state index is 0.0193. The third-order valence-corrected chi connectivity index (χ3v) is 12.0. The molecule has 2 aromatic carbocycles. The van der Waals surface area contributed by atoms with E-state index in [0.29, 0.717) is 43.8 Å². The fourth-order valence-corrected chi connectivity index (χ4v) is 9.95. The van der Waals surface area contributed by atoms with E-state index in [2.05, 4.69) is 40.5 Å². The van der Waals surface area contributed by atoms with Gasteiger partial charge in [-0.2, -0.15) is 4.31 Å². The summed E-state index contributed by atoms with van der Waals surface area (Å²) in [6.45, 7) is 4.44. The third kappa shape index (κ3) is 8.24. The van der Waals surface area contributed by atoms with Crippen LogP contribution in [0.15, 0.2) is 47.4 Å². The van der Waals surface area contributed by atoms with Crippen molar-refractivity contribution in [3.8, 4) is 0 Å². The fourth-order valence-electron chi connectivity index (χ4n) is 6.78. The highest BCUT2D eigenvalue weighted by Crippen LogP contribution is 2.41. The van der Waals surface area contributed by atoms with E-state index in [4.69, 9.17) is 44.3 Å². The minimum Gasteiger partial charge on any atom is -0.379 e. The van der Waals surface area contributed by atoms with Crippen LogP contribution in [-0.2, 0) is 24.3 Å². The molecule has 0 spiro atoms. The van der Waals surface area contributed by atoms with Crippen molar-refractivity contribution in [2.75, 3.05) is 52.6 Å². The van der Waals surface area contributed by atoms with Gasteiger partial charge in [0.15, 0.2) is 0 Å². The summed E-state index contributed by atoms with van der Waals surface area (Å²) in [5.41, 5.74) is 1.38. The number of nitrogens with one attached hydrogen (secondary N) is 1. The minimum atomic E-state index is -3.96. The smallest absolute Gasteiger partial charge is 0.246 e. The summed E-state index contributed by atoms with van der Waals surface area (Å²) >= 11 is 18.4. The normalized spacial score (nSPS) is 24.6. The number of benzene rings is 2. The van der Waals surface area contributed by atoms with Crippen LogP contribution in [0.4, 0.5) is 0 Å². The van der Waals surface area contributed by atoms with Gasteiger partial charge in [-0.25, -0.2) is 8.42 Å². The van der Waals surface area contributed by atoms with Crippen molar-refractivity contribution in [1.82, 2.24) is 14.5 Å². The maximum Gasteiger partial charge on any atom is 0.246 e. The number of hydrogen-bond donors (Lipinski definition) is 1. The standard InChI is InChI=1S/C31H40Cl3N3O5S/c32-25-17-27(33)31(28(34)18-25)43(39,40)37-12-4-7-26(37)20-42-21-29(38)35-19-22-8-10-24(11-9-22)30(23-5-2-1-3-6-23)36-13-15-41-16-14-36/h1-3,5-6,17-18,22,24,26,30H,4,7-16,19-21H2,(H,35,38). The number of sulfonamides is 1. The Bertz CT molecular complexity index is 1310. The van der Waals surface area contributed by atoms with Gasteiger partial charge in [0.05, 0.1) is 29.9 Å². The zero-order chi connectivity index (χ0) is 30.4. The van der Waals surface area contributed by atoms with Crippen molar-refractivity contribution in [1.29, 1.82) is 0 Å². The van der Waals surface area contributed by atoms with Gasteiger partial charge in [-0.3, -0.25) is 9.69 Å². The lowest BCUT2D eigenvalue weighted by Gasteiger charge is -2.42. The van der Waals surface area contributed by atoms with E-state index < -0.39 is 16.1 Å². The van der Waals surface area contributed by atoms with Gasteiger partial charge in [0.2, 0.25) is 15.9 Å². The number of halogens is 3. The summed E-state index contributed by atoms with van der Waals surface area (Å²) in [7, 11) is -3.96. The Hall–Kier alpha value is -1.43. The van der Waals surface area contributed by atoms with Gasteiger partial charge in [0, 0.05) is 43.3 Å². The first-order valence-electron chi connectivity index (χ1n) is 15.1. The van der Waals surface area contributed by atoms with Crippen LogP contribution in [-0.4, -0.2) is 82.2 Å². The number of ether oxygens (including phenoxy) is 2. The summed E-state index contributed by atoms with van der Waals surface area (Å²) < 4.78 is 39.4. The number of hydrogen-bond acceptors (Lipinski definition) is 6. The molecule has 0 aromatic heterocycles. The van der Waals surface area contributed by atoms with Gasteiger partial charge in [-0.15, -0.1) is 0 Å². The third-order valence-electron chi connectivity index (χ3n) is 8.90. The zero-order valence-electron chi connectivity index (χ0n) is 24.2. The first kappa shape index (κ1) is 32.9. The SMILES string of the molecule is O=C(COCC1CCCN1S(=O)(=O)c1c(Cl)cc(Cl)cc1Cl)NCC1CCC(C(c2ccccc2)N2CCOCC2)CC1. The predicted molar refractivity (Wildman–Crippen MR) is 169 cm³/mol. The Morgan fingerprint density at radius 1 is 0.977 bits per heavy atom. The predicted octanol–water partition coefficient (Wildman–Crippen LogP) is 5.81. The molecule has 1 aliphatic carbocycles. The molecule has 0 radical (unpaired) electrons. The van der Waals surface area contributed by atoms with Gasteiger partial charge in [-0.1, -0.05) is 65.1 Å². The van der Waals surface area contributed by atoms with E-state index in [1.54, 1.807) is 0 Å². The summed E-state index contributed by atoms with van der Waals surface area (Å²) in [5, 5.41) is 3.26. The lowest BCUT2D eigenvalue weighted by atomic mass is 9.76. The van der Waals surface area contributed by atoms with Crippen LogP contribution in [0.2, 0.25) is 15.1 Å². The Balaban J connectivity index is 1.07. The molecule has 2 aliphatic heterocycles. The van der Waals surface area contributed by atoms with Crippen LogP contribution in [0, 0.1) is 11.8 Å². The fraction of sp³-hybridized carbons (Fsp3) is 0.581. The molecule has 2 saturated heterocycles. The quantitative estimate of drug-likeness (QED) is 0.324. The Kier molecular flexibility index (Phi) is 11.7. The molecule has 236 valence electrons. The number of carbonyl (C=O) groups excluding carboxylic acids is 1. The molecule has 2 aromatic rings. The van der Waals surface area contributed by atoms with Crippen molar-refractivity contribution in [3.63, 3.8) is 0 Å². The number of nitrogens with zero attached hydrogens (tertiary/aromatic N) is 2. The lowest BCUT2D eigenvalue weighted by molar-refractivity contribution is -0.126. The van der Waals surface area contributed by atoms with E-state index in [1.807, 2.05) is 0 Å². The van der Waals surface area contributed by atoms with E-state index >= 15 is 0 Å². The summed E-state index contributed by atoms with van der Waals surface area (Å²) in [6.07, 6.45) is 5.71. The van der Waals surface area contributed by atoms with Gasteiger partial charge >= 0.3 is 0 Å². The molecule has 5 rings (SSSR count). The van der Waals surface area contributed by atoms with Crippen LogP contribution in [0.1, 0.15) is 50.1 Å². The Labute approximate surface area is 270 Å². The second-order valence-electron chi connectivity index (χ2n) is 11.7. The van der Waals surface area contributed by atoms with Gasteiger partial charge < -0.3 is 14.8 Å². The molecule has 8 nitrogen and oxygen atoms in total. The molecule has 2 heterocycles. The van der Waals surface area contributed by atoms with Crippen molar-refractivity contribution >= 4 is 50.7 Å². The monoisotopic (exact) mass is 671 g/mol. The van der Waals surface area contributed by atoms with Crippen LogP contribution < -0.4 is 5.32 Å². The zero-order valence-corrected chi connectivity index (χ0v) is 27.3. The highest BCUT2D eigenvalue weighted by Gasteiger charge is 2.38. The first-order valence-corrected chi connectivity index (χ1v) is 17.7. The second kappa shape index (κ2) is 15.2. The van der Waals surface area contributed by atoms with Crippen molar-refractivity contribution in [2.24, 2.45) is 11.8 Å². The Morgan fingerprint density at radius 2 is 1.65 bits per heavy atom. The summed E-state index contributed by atoms with van der Waals surface area (Å²) in [5.74, 6) is 0.832. The first-order chi connectivity index (χ1) is 20.7. The molecule has 1 amide bonds. The van der Waals surface area contributed by atoms with Crippen molar-refractivity contribution in [3.05, 3.63) is 63.1 Å². The molecule has 43 heavy (non-hydrogen) atoms. The van der Waals surface area contributed by atoms with E-state index in [-0.39, 0.29) is 39.1 Å². The molecule has 0 bridgehead atoms. The topological polar surface area (TPSA) is 88.2 Å². The van der Waals surface area contributed by atoms with Gasteiger partial charge in [0.1, 0.15) is 11.5 Å². The van der Waals surface area contributed by atoms with Crippen molar-refractivity contribution < 1.29 is 22.7 Å². The summed E-state index contributed by atoms with van der Waals surface area (Å²) in [4.78, 5) is 15.0. The average molecular weight is 673 g/mol. The molecule has 2 atom stereocenters. The van der Waals surface area contributed by atoms with Crippen LogP contribution in [0.3, 0.4) is 0 Å². The van der Waals surface area contributed by atoms with E-state index in [1.165, 1.54) is 22.0 Å². The van der Waals surface area contributed by atoms with Gasteiger partial charge in [-0.05, 0) is 68.1 Å². The molecule has 12 heteroatoms. The highest BCUT2D eigenvalue weighted by molar-refractivity contribution is 7.89. The molecule has 3 aliphatic rings. The van der Waals surface area contributed by atoms with Crippen molar-refractivity contribution in [2.45, 2.75) is 55.5 Å². The van der Waals surface area contributed by atoms with Crippen LogP contribution in [0.5, 0.6) is 0 Å². The lowest BCUT2D eigenvalue weighted by Crippen LogP contribution is -2.43. The number of amides is 1. The summed E-state index contributed by atoms with van der Waals surface area (Å²) in [6, 6.07) is 13.5. The maximum absolute atomic E-state index is 13.4. The largest absolute Gasteiger partial charge is 0.379 e. The van der Waals surface area contributed by atoms with E-state index in [9.17, 15) is 13.2 Å². The molecule has 1 N–H and O–H groups in total. The molecule has 2 unspecified atom stereocenters. The molecule has 1 saturated carbocycles. The average Bonchev–Trinajstić information content (AvgIpc) is 3.47. The van der Waals surface area contributed by atoms with E-state index in [0.717, 1.165) is 52.0 Å². The number of rotatable bonds is 11. The highest BCUT2D eigenvalue weighted by atomic mass is 35.5. The second-order valence-corrected chi connectivity index (χ2v) is 14.8. The molecular formula is C31H40Cl3N3O5S. The Morgan fingerprint density at radius 3 is 2.33 bits per heavy atom. The maximum atomic E-state index is 13.4. The van der Waals surface area contributed by atoms with Gasteiger partial charge in [0.25, 0.3) is 0 Å². The van der Waals surface area contributed by atoms with Crippen LogP contribution in [0.25, 0.3) is 0 Å². The molecule has 3 fully saturated rings. The number of morpholine rings is 1. The molecular weight excluding hydrogens is 633 g/mol. The number of carbonyl (C=O) groups is 1. The van der Waals surface area contributed by atoms with Crippen LogP contribution >= 0.6 is 34.8 Å².